The van der Waals surface area contributed by atoms with E-state index >= 15 is 0 Å². The van der Waals surface area contributed by atoms with Crippen molar-refractivity contribution in [2.75, 3.05) is 44.8 Å². The van der Waals surface area contributed by atoms with E-state index in [0.29, 0.717) is 18.2 Å². The van der Waals surface area contributed by atoms with Crippen molar-refractivity contribution in [3.63, 3.8) is 0 Å². The van der Waals surface area contributed by atoms with E-state index in [-0.39, 0.29) is 11.9 Å². The second-order valence-corrected chi connectivity index (χ2v) is 8.85. The standard InChI is InChI=1S/C27H32N6O2/c1-32(2)16-7-11-24(34)33-17-6-8-21(18-33)31-27-25(26(28)29-19-30-27)20-12-14-23(15-13-20)35-22-9-4-3-5-10-22/h3-5,7,9-15,19,21H,6,8,16-18H2,1-2H3,(H3,28,29,30,31)/b11-7+. The summed E-state index contributed by atoms with van der Waals surface area (Å²) in [6, 6.07) is 17.4. The SMILES string of the molecule is CN(C)C/C=C/C(=O)N1CCCC(Nc2ncnc(N)c2-c2ccc(Oc3ccccc3)cc2)C1. The number of piperidine rings is 1. The fourth-order valence-electron chi connectivity index (χ4n) is 4.07. The molecule has 1 fully saturated rings. The van der Waals surface area contributed by atoms with Crippen LogP contribution in [0.4, 0.5) is 11.6 Å². The molecule has 2 aromatic carbocycles. The van der Waals surface area contributed by atoms with Crippen LogP contribution in [0.15, 0.2) is 73.1 Å². The summed E-state index contributed by atoms with van der Waals surface area (Å²) in [7, 11) is 3.95. The van der Waals surface area contributed by atoms with Gasteiger partial charge in [-0.15, -0.1) is 0 Å². The van der Waals surface area contributed by atoms with Crippen LogP contribution in [0.1, 0.15) is 12.8 Å². The first-order valence-corrected chi connectivity index (χ1v) is 11.8. The predicted molar refractivity (Wildman–Crippen MR) is 139 cm³/mol. The van der Waals surface area contributed by atoms with Crippen molar-refractivity contribution in [3.8, 4) is 22.6 Å². The number of likely N-dealkylation sites (tertiary alicyclic amines) is 1. The maximum absolute atomic E-state index is 12.6. The van der Waals surface area contributed by atoms with Gasteiger partial charge in [0, 0.05) is 31.8 Å². The molecule has 1 aliphatic rings. The summed E-state index contributed by atoms with van der Waals surface area (Å²) in [6.45, 7) is 2.10. The number of amides is 1. The highest BCUT2D eigenvalue weighted by atomic mass is 16.5. The number of nitrogens with two attached hydrogens (primary N) is 1. The molecule has 1 unspecified atom stereocenters. The van der Waals surface area contributed by atoms with E-state index in [1.807, 2.05) is 84.6 Å². The molecule has 0 aliphatic carbocycles. The molecule has 1 aliphatic heterocycles. The average molecular weight is 473 g/mol. The molecule has 0 spiro atoms. The Kier molecular flexibility index (Phi) is 7.95. The maximum atomic E-state index is 12.6. The molecule has 0 bridgehead atoms. The lowest BCUT2D eigenvalue weighted by molar-refractivity contribution is -0.127. The number of likely N-dealkylation sites (N-methyl/N-ethyl adjacent to an activating group) is 1. The minimum atomic E-state index is 0.0368. The molecular weight excluding hydrogens is 440 g/mol. The van der Waals surface area contributed by atoms with Gasteiger partial charge in [0.15, 0.2) is 0 Å². The third-order valence-electron chi connectivity index (χ3n) is 5.80. The number of carbonyl (C=O) groups is 1. The van der Waals surface area contributed by atoms with Crippen LogP contribution in [-0.4, -0.2) is 65.4 Å². The summed E-state index contributed by atoms with van der Waals surface area (Å²) in [5.74, 6) is 2.60. The predicted octanol–water partition coefficient (Wildman–Crippen LogP) is 4.04. The van der Waals surface area contributed by atoms with Gasteiger partial charge in [-0.3, -0.25) is 4.79 Å². The zero-order chi connectivity index (χ0) is 24.6. The van der Waals surface area contributed by atoms with Gasteiger partial charge in [0.05, 0.1) is 5.56 Å². The molecule has 1 amide bonds. The largest absolute Gasteiger partial charge is 0.457 e. The molecule has 4 rings (SSSR count). The van der Waals surface area contributed by atoms with Crippen LogP contribution < -0.4 is 15.8 Å². The lowest BCUT2D eigenvalue weighted by Crippen LogP contribution is -2.44. The summed E-state index contributed by atoms with van der Waals surface area (Å²) in [5, 5.41) is 3.51. The second kappa shape index (κ2) is 11.5. The number of ether oxygens (including phenoxy) is 1. The van der Waals surface area contributed by atoms with Crippen molar-refractivity contribution in [1.82, 2.24) is 19.8 Å². The van der Waals surface area contributed by atoms with Gasteiger partial charge < -0.3 is 25.6 Å². The molecule has 0 radical (unpaired) electrons. The molecule has 3 aromatic rings. The topological polar surface area (TPSA) is 96.6 Å². The number of nitrogen functional groups attached to an aromatic ring is 1. The number of nitrogens with zero attached hydrogens (tertiary/aromatic N) is 4. The Morgan fingerprint density at radius 1 is 1.14 bits per heavy atom. The molecule has 2 heterocycles. The normalized spacial score (nSPS) is 16.0. The lowest BCUT2D eigenvalue weighted by Gasteiger charge is -2.33. The highest BCUT2D eigenvalue weighted by Crippen LogP contribution is 2.33. The summed E-state index contributed by atoms with van der Waals surface area (Å²) in [6.07, 6.45) is 6.89. The molecule has 35 heavy (non-hydrogen) atoms. The van der Waals surface area contributed by atoms with Crippen LogP contribution in [0.3, 0.4) is 0 Å². The Morgan fingerprint density at radius 2 is 1.89 bits per heavy atom. The Hall–Kier alpha value is -3.91. The van der Waals surface area contributed by atoms with Gasteiger partial charge in [-0.25, -0.2) is 9.97 Å². The van der Waals surface area contributed by atoms with Gasteiger partial charge in [-0.2, -0.15) is 0 Å². The number of para-hydroxylation sites is 1. The van der Waals surface area contributed by atoms with E-state index in [4.69, 9.17) is 10.5 Å². The van der Waals surface area contributed by atoms with Gasteiger partial charge in [-0.05, 0) is 56.8 Å². The van der Waals surface area contributed by atoms with Crippen molar-refractivity contribution in [2.24, 2.45) is 0 Å². The monoisotopic (exact) mass is 472 g/mol. The number of benzene rings is 2. The molecule has 0 saturated carbocycles. The van der Waals surface area contributed by atoms with Gasteiger partial charge >= 0.3 is 0 Å². The summed E-state index contributed by atoms with van der Waals surface area (Å²) >= 11 is 0. The first-order chi connectivity index (χ1) is 17.0. The van der Waals surface area contributed by atoms with Gasteiger partial charge in [0.2, 0.25) is 5.91 Å². The van der Waals surface area contributed by atoms with E-state index in [1.165, 1.54) is 6.33 Å². The zero-order valence-corrected chi connectivity index (χ0v) is 20.2. The average Bonchev–Trinajstić information content (AvgIpc) is 2.85. The smallest absolute Gasteiger partial charge is 0.246 e. The Morgan fingerprint density at radius 3 is 2.63 bits per heavy atom. The molecule has 8 nitrogen and oxygen atoms in total. The van der Waals surface area contributed by atoms with E-state index in [2.05, 4.69) is 15.3 Å². The van der Waals surface area contributed by atoms with Gasteiger partial charge in [0.1, 0.15) is 29.5 Å². The molecule has 8 heteroatoms. The molecule has 1 aromatic heterocycles. The maximum Gasteiger partial charge on any atom is 0.246 e. The van der Waals surface area contributed by atoms with E-state index in [0.717, 1.165) is 48.6 Å². The van der Waals surface area contributed by atoms with Crippen molar-refractivity contribution in [3.05, 3.63) is 73.1 Å². The fraction of sp³-hybridized carbons (Fsp3) is 0.296. The van der Waals surface area contributed by atoms with Crippen molar-refractivity contribution < 1.29 is 9.53 Å². The van der Waals surface area contributed by atoms with Crippen LogP contribution in [0.5, 0.6) is 11.5 Å². The van der Waals surface area contributed by atoms with Crippen LogP contribution in [0.25, 0.3) is 11.1 Å². The number of nitrogens with one attached hydrogen (secondary N) is 1. The summed E-state index contributed by atoms with van der Waals surface area (Å²) in [5.41, 5.74) is 7.91. The van der Waals surface area contributed by atoms with Crippen molar-refractivity contribution in [2.45, 2.75) is 18.9 Å². The van der Waals surface area contributed by atoms with Gasteiger partial charge in [0.25, 0.3) is 0 Å². The summed E-state index contributed by atoms with van der Waals surface area (Å²) in [4.78, 5) is 25.2. The quantitative estimate of drug-likeness (QED) is 0.478. The number of hydrogen-bond donors (Lipinski definition) is 2. The zero-order valence-electron chi connectivity index (χ0n) is 20.2. The van der Waals surface area contributed by atoms with E-state index in [1.54, 1.807) is 6.08 Å². The third-order valence-corrected chi connectivity index (χ3v) is 5.80. The number of aromatic nitrogens is 2. The van der Waals surface area contributed by atoms with Gasteiger partial charge in [-0.1, -0.05) is 36.4 Å². The Bertz CT molecular complexity index is 1150. The third kappa shape index (κ3) is 6.58. The number of rotatable bonds is 8. The molecule has 3 N–H and O–H groups in total. The second-order valence-electron chi connectivity index (χ2n) is 8.85. The summed E-state index contributed by atoms with van der Waals surface area (Å²) < 4.78 is 5.90. The van der Waals surface area contributed by atoms with Crippen LogP contribution in [0.2, 0.25) is 0 Å². The van der Waals surface area contributed by atoms with Crippen LogP contribution in [-0.2, 0) is 4.79 Å². The number of hydrogen-bond acceptors (Lipinski definition) is 7. The fourth-order valence-corrected chi connectivity index (χ4v) is 4.07. The number of anilines is 2. The minimum absolute atomic E-state index is 0.0368. The van der Waals surface area contributed by atoms with Crippen molar-refractivity contribution in [1.29, 1.82) is 0 Å². The Labute approximate surface area is 206 Å². The van der Waals surface area contributed by atoms with E-state index < -0.39 is 0 Å². The Balaban J connectivity index is 1.46. The van der Waals surface area contributed by atoms with Crippen LogP contribution in [0, 0.1) is 0 Å². The molecule has 182 valence electrons. The van der Waals surface area contributed by atoms with Crippen LogP contribution >= 0.6 is 0 Å². The highest BCUT2D eigenvalue weighted by molar-refractivity contribution is 5.88. The number of carbonyl (C=O) groups excluding carboxylic acids is 1. The molecular formula is C27H32N6O2. The van der Waals surface area contributed by atoms with E-state index in [9.17, 15) is 4.79 Å². The molecule has 1 saturated heterocycles. The highest BCUT2D eigenvalue weighted by Gasteiger charge is 2.24. The lowest BCUT2D eigenvalue weighted by atomic mass is 10.0. The minimum Gasteiger partial charge on any atom is -0.457 e. The first kappa shape index (κ1) is 24.2. The van der Waals surface area contributed by atoms with Crippen molar-refractivity contribution >= 4 is 17.5 Å². The first-order valence-electron chi connectivity index (χ1n) is 11.8. The molecule has 1 atom stereocenters.